The van der Waals surface area contributed by atoms with Gasteiger partial charge in [0.25, 0.3) is 0 Å². The minimum atomic E-state index is -0.593. The number of carbonyl (C=O) groups excluding carboxylic acids is 1. The van der Waals surface area contributed by atoms with Crippen molar-refractivity contribution in [3.8, 4) is 0 Å². The van der Waals surface area contributed by atoms with Gasteiger partial charge in [-0.05, 0) is 65.2 Å². The molecule has 0 saturated carbocycles. The van der Waals surface area contributed by atoms with Crippen molar-refractivity contribution in [2.75, 3.05) is 18.9 Å². The third kappa shape index (κ3) is 7.89. The minimum Gasteiger partial charge on any atom is -0.392 e. The number of benzene rings is 5. The van der Waals surface area contributed by atoms with Crippen molar-refractivity contribution < 1.29 is 19.4 Å². The lowest BCUT2D eigenvalue weighted by molar-refractivity contribution is -0.276. The second kappa shape index (κ2) is 14.9. The fourth-order valence-electron chi connectivity index (χ4n) is 6.17. The first-order valence-corrected chi connectivity index (χ1v) is 16.3. The molecule has 0 aliphatic carbocycles. The minimum absolute atomic E-state index is 0.00215. The van der Waals surface area contributed by atoms with Crippen LogP contribution in [0.5, 0.6) is 0 Å². The lowest BCUT2D eigenvalue weighted by Crippen LogP contribution is -2.44. The summed E-state index contributed by atoms with van der Waals surface area (Å²) in [5.41, 5.74) is 5.76. The Hall–Kier alpha value is -4.53. The predicted octanol–water partition coefficient (Wildman–Crippen LogP) is 8.14. The van der Waals surface area contributed by atoms with Crippen molar-refractivity contribution in [2.45, 2.75) is 51.5 Å². The number of carbonyl (C=O) groups is 1. The van der Waals surface area contributed by atoms with Crippen LogP contribution in [0, 0.1) is 5.92 Å². The molecule has 1 fully saturated rings. The number of hydrogen-bond acceptors (Lipinski definition) is 5. The van der Waals surface area contributed by atoms with Crippen molar-refractivity contribution >= 4 is 22.5 Å². The molecule has 5 aromatic carbocycles. The van der Waals surface area contributed by atoms with E-state index in [1.807, 2.05) is 78.9 Å². The highest BCUT2D eigenvalue weighted by atomic mass is 16.7. The van der Waals surface area contributed by atoms with Gasteiger partial charge in [0, 0.05) is 36.3 Å². The lowest BCUT2D eigenvalue weighted by Gasteiger charge is -2.43. The third-order valence-electron chi connectivity index (χ3n) is 9.25. The van der Waals surface area contributed by atoms with E-state index < -0.39 is 6.29 Å². The van der Waals surface area contributed by atoms with Gasteiger partial charge in [0.1, 0.15) is 0 Å². The molecule has 7 heteroatoms. The third-order valence-corrected chi connectivity index (χ3v) is 9.25. The summed E-state index contributed by atoms with van der Waals surface area (Å²) < 4.78 is 13.4. The predicted molar refractivity (Wildman–Crippen MR) is 187 cm³/mol. The number of fused-ring (bicyclic) bond motifs is 1. The molecule has 47 heavy (non-hydrogen) atoms. The van der Waals surface area contributed by atoms with Crippen LogP contribution in [0.15, 0.2) is 121 Å². The van der Waals surface area contributed by atoms with Gasteiger partial charge in [-0.1, -0.05) is 110 Å². The van der Waals surface area contributed by atoms with E-state index in [-0.39, 0.29) is 36.8 Å². The Kier molecular flexibility index (Phi) is 10.3. The first-order valence-electron chi connectivity index (χ1n) is 16.3. The fourth-order valence-corrected chi connectivity index (χ4v) is 6.17. The van der Waals surface area contributed by atoms with E-state index in [1.165, 1.54) is 16.3 Å². The van der Waals surface area contributed by atoms with Crippen LogP contribution in [0.25, 0.3) is 10.8 Å². The number of likely N-dealkylation sites (N-methyl/N-ethyl adjacent to an activating group) is 1. The summed E-state index contributed by atoms with van der Waals surface area (Å²) in [7, 11) is 2.15. The second-order valence-electron chi connectivity index (χ2n) is 12.5. The zero-order chi connectivity index (χ0) is 32.8. The highest BCUT2D eigenvalue weighted by Gasteiger charge is 2.39. The molecule has 0 bridgehead atoms. The van der Waals surface area contributed by atoms with E-state index in [4.69, 9.17) is 9.47 Å². The van der Waals surface area contributed by atoms with Gasteiger partial charge in [0.05, 0.1) is 18.8 Å². The zero-order valence-corrected chi connectivity index (χ0v) is 27.2. The van der Waals surface area contributed by atoms with Crippen LogP contribution in [0.2, 0.25) is 0 Å². The molecule has 242 valence electrons. The number of nitrogens with zero attached hydrogens (tertiary/aromatic N) is 1. The Morgan fingerprint density at radius 2 is 1.49 bits per heavy atom. The zero-order valence-electron chi connectivity index (χ0n) is 27.2. The Bertz CT molecular complexity index is 1760. The highest BCUT2D eigenvalue weighted by molar-refractivity contribution is 5.89. The molecule has 1 aliphatic heterocycles. The first-order chi connectivity index (χ1) is 22.9. The van der Waals surface area contributed by atoms with Crippen LogP contribution in [-0.2, 0) is 22.6 Å². The largest absolute Gasteiger partial charge is 0.392 e. The number of aliphatic hydroxyl groups excluding tert-OH is 1. The maximum atomic E-state index is 12.5. The number of nitrogens with one attached hydrogen (secondary N) is 2. The summed E-state index contributed by atoms with van der Waals surface area (Å²) in [5, 5.41) is 17.9. The summed E-state index contributed by atoms with van der Waals surface area (Å²) in [6.45, 7) is 5.57. The number of ether oxygens (including phenoxy) is 2. The van der Waals surface area contributed by atoms with Crippen molar-refractivity contribution in [2.24, 2.45) is 5.92 Å². The van der Waals surface area contributed by atoms with Gasteiger partial charge in [0.15, 0.2) is 6.29 Å². The van der Waals surface area contributed by atoms with E-state index >= 15 is 0 Å². The maximum absolute atomic E-state index is 12.5. The van der Waals surface area contributed by atoms with E-state index in [0.717, 1.165) is 22.3 Å². The standard InChI is InChI=1S/C40H43N3O4/c1-27-37(25-43(3)28(2)34-18-17-31-11-7-8-12-35(31)23-34)46-39(47-38(27)32-15-13-30(26-44)14-16-32)33-19-21-36(22-20-33)42-40(45)41-24-29-9-5-4-6-10-29/h4-23,27-28,37-39,44H,24-26H2,1-3H3,(H2,41,42,45)/t27-,28+,37+,38+,39+/m0/s1. The van der Waals surface area contributed by atoms with Crippen LogP contribution >= 0.6 is 0 Å². The van der Waals surface area contributed by atoms with Crippen LogP contribution in [0.1, 0.15) is 60.1 Å². The molecule has 1 aliphatic rings. The molecule has 5 aromatic rings. The molecule has 0 aromatic heterocycles. The molecule has 7 nitrogen and oxygen atoms in total. The van der Waals surface area contributed by atoms with Crippen LogP contribution in [-0.4, -0.2) is 35.7 Å². The molecule has 5 atom stereocenters. The summed E-state index contributed by atoms with van der Waals surface area (Å²) in [6, 6.07) is 40.4. The van der Waals surface area contributed by atoms with E-state index in [1.54, 1.807) is 0 Å². The van der Waals surface area contributed by atoms with Crippen molar-refractivity contribution in [1.29, 1.82) is 0 Å². The maximum Gasteiger partial charge on any atom is 0.319 e. The average molecular weight is 630 g/mol. The smallest absolute Gasteiger partial charge is 0.319 e. The monoisotopic (exact) mass is 629 g/mol. The highest BCUT2D eigenvalue weighted by Crippen LogP contribution is 2.42. The van der Waals surface area contributed by atoms with Crippen molar-refractivity contribution in [3.05, 3.63) is 149 Å². The van der Waals surface area contributed by atoms with Crippen molar-refractivity contribution in [3.63, 3.8) is 0 Å². The van der Waals surface area contributed by atoms with Crippen LogP contribution in [0.3, 0.4) is 0 Å². The Labute approximate surface area is 277 Å². The molecular weight excluding hydrogens is 586 g/mol. The van der Waals surface area contributed by atoms with Crippen molar-refractivity contribution in [1.82, 2.24) is 10.2 Å². The number of amides is 2. The quantitative estimate of drug-likeness (QED) is 0.145. The molecule has 0 radical (unpaired) electrons. The normalized spacial score (nSPS) is 20.2. The fraction of sp³-hybridized carbons (Fsp3) is 0.275. The topological polar surface area (TPSA) is 83.1 Å². The molecule has 1 saturated heterocycles. The molecule has 1 heterocycles. The lowest BCUT2D eigenvalue weighted by atomic mass is 9.89. The van der Waals surface area contributed by atoms with Crippen LogP contribution < -0.4 is 10.6 Å². The second-order valence-corrected chi connectivity index (χ2v) is 12.5. The summed E-state index contributed by atoms with van der Waals surface area (Å²) in [6.07, 6.45) is -0.924. The van der Waals surface area contributed by atoms with Crippen LogP contribution in [0.4, 0.5) is 10.5 Å². The van der Waals surface area contributed by atoms with Gasteiger partial charge < -0.3 is 25.2 Å². The first kappa shape index (κ1) is 32.4. The number of aliphatic hydroxyl groups is 1. The number of rotatable bonds is 10. The van der Waals surface area contributed by atoms with E-state index in [2.05, 4.69) is 78.9 Å². The van der Waals surface area contributed by atoms with Gasteiger partial charge in [-0.3, -0.25) is 4.90 Å². The molecule has 2 amide bonds. The van der Waals surface area contributed by atoms with Gasteiger partial charge >= 0.3 is 6.03 Å². The molecule has 0 spiro atoms. The van der Waals surface area contributed by atoms with Gasteiger partial charge in [-0.15, -0.1) is 0 Å². The average Bonchev–Trinajstić information content (AvgIpc) is 3.12. The molecule has 3 N–H and O–H groups in total. The summed E-state index contributed by atoms with van der Waals surface area (Å²) in [4.78, 5) is 14.9. The Morgan fingerprint density at radius 3 is 2.21 bits per heavy atom. The molecule has 0 unspecified atom stereocenters. The van der Waals surface area contributed by atoms with Gasteiger partial charge in [0.2, 0.25) is 0 Å². The SMILES string of the molecule is C[C@H]1[C@@H](CN(C)[C@H](C)c2ccc3ccccc3c2)O[C@@H](c2ccc(NC(=O)NCc3ccccc3)cc2)O[C@H]1c1ccc(CO)cc1. The van der Waals surface area contributed by atoms with Gasteiger partial charge in [-0.25, -0.2) is 4.79 Å². The summed E-state index contributed by atoms with van der Waals surface area (Å²) >= 11 is 0. The summed E-state index contributed by atoms with van der Waals surface area (Å²) in [5.74, 6) is 0.0618. The number of hydrogen-bond donors (Lipinski definition) is 3. The molecular formula is C40H43N3O4. The Balaban J connectivity index is 1.17. The molecule has 6 rings (SSSR count). The number of anilines is 1. The number of urea groups is 1. The van der Waals surface area contributed by atoms with E-state index in [9.17, 15) is 9.90 Å². The van der Waals surface area contributed by atoms with Gasteiger partial charge in [-0.2, -0.15) is 0 Å². The van der Waals surface area contributed by atoms with E-state index in [0.29, 0.717) is 18.8 Å². The Morgan fingerprint density at radius 1 is 0.809 bits per heavy atom.